The number of hydrogen-bond donors (Lipinski definition) is 0. The van der Waals surface area contributed by atoms with E-state index < -0.39 is 37.9 Å². The van der Waals surface area contributed by atoms with Crippen molar-refractivity contribution in [1.82, 2.24) is 0 Å². The van der Waals surface area contributed by atoms with Crippen molar-refractivity contribution in [3.8, 4) is 6.07 Å². The van der Waals surface area contributed by atoms with Gasteiger partial charge >= 0.3 is 0 Å². The van der Waals surface area contributed by atoms with Crippen LogP contribution in [0.3, 0.4) is 0 Å². The smallest absolute Gasteiger partial charge is 0.185 e. The number of halogens is 3. The third-order valence-corrected chi connectivity index (χ3v) is 4.45. The van der Waals surface area contributed by atoms with Crippen LogP contribution in [0.5, 0.6) is 0 Å². The molecular formula is C14H8F3NO2S. The van der Waals surface area contributed by atoms with Crippen LogP contribution in [0, 0.1) is 28.8 Å². The van der Waals surface area contributed by atoms with E-state index in [2.05, 4.69) is 0 Å². The molecule has 2 aromatic rings. The van der Waals surface area contributed by atoms with E-state index >= 15 is 0 Å². The van der Waals surface area contributed by atoms with Crippen LogP contribution in [-0.2, 0) is 15.6 Å². The fourth-order valence-corrected chi connectivity index (χ4v) is 3.17. The van der Waals surface area contributed by atoms with Crippen LogP contribution in [0.2, 0.25) is 0 Å². The summed E-state index contributed by atoms with van der Waals surface area (Å²) in [5.74, 6) is -3.80. The van der Waals surface area contributed by atoms with Crippen molar-refractivity contribution in [2.75, 3.05) is 0 Å². The summed E-state index contributed by atoms with van der Waals surface area (Å²) < 4.78 is 64.1. The molecule has 7 heteroatoms. The lowest BCUT2D eigenvalue weighted by molar-refractivity contribution is 0.547. The Morgan fingerprint density at radius 1 is 1.00 bits per heavy atom. The molecule has 0 aliphatic carbocycles. The molecule has 21 heavy (non-hydrogen) atoms. The zero-order valence-electron chi connectivity index (χ0n) is 10.5. The van der Waals surface area contributed by atoms with Crippen molar-refractivity contribution < 1.29 is 21.6 Å². The van der Waals surface area contributed by atoms with E-state index in [1.165, 1.54) is 6.07 Å². The molecule has 0 saturated heterocycles. The molecule has 0 spiro atoms. The van der Waals surface area contributed by atoms with Crippen LogP contribution < -0.4 is 0 Å². The minimum Gasteiger partial charge on any atom is -0.223 e. The largest absolute Gasteiger partial charge is 0.223 e. The van der Waals surface area contributed by atoms with Gasteiger partial charge in [-0.05, 0) is 24.3 Å². The zero-order chi connectivity index (χ0) is 15.6. The lowest BCUT2D eigenvalue weighted by Crippen LogP contribution is -2.09. The van der Waals surface area contributed by atoms with Crippen molar-refractivity contribution in [3.63, 3.8) is 0 Å². The van der Waals surface area contributed by atoms with E-state index in [0.29, 0.717) is 6.07 Å². The van der Waals surface area contributed by atoms with E-state index in [1.54, 1.807) is 6.07 Å². The van der Waals surface area contributed by atoms with Crippen LogP contribution in [0.15, 0.2) is 41.3 Å². The summed E-state index contributed by atoms with van der Waals surface area (Å²) in [6.45, 7) is 0. The molecule has 0 amide bonds. The van der Waals surface area contributed by atoms with E-state index in [9.17, 15) is 21.6 Å². The summed E-state index contributed by atoms with van der Waals surface area (Å²) in [7, 11) is -4.17. The minimum absolute atomic E-state index is 0.0432. The van der Waals surface area contributed by atoms with E-state index in [1.807, 2.05) is 0 Å². The quantitative estimate of drug-likeness (QED) is 0.819. The van der Waals surface area contributed by atoms with Crippen molar-refractivity contribution in [2.45, 2.75) is 10.6 Å². The van der Waals surface area contributed by atoms with Crippen LogP contribution in [0.25, 0.3) is 0 Å². The summed E-state index contributed by atoms with van der Waals surface area (Å²) in [6, 6.07) is 7.06. The topological polar surface area (TPSA) is 57.9 Å². The standard InChI is InChI=1S/C14H8F3NO2S/c15-11-3-4-14(13(17)6-11)21(19,20)8-10-2-1-9(7-18)5-12(10)16/h1-6H,8H2. The Morgan fingerprint density at radius 2 is 1.71 bits per heavy atom. The molecule has 0 atom stereocenters. The first-order valence-corrected chi connectivity index (χ1v) is 7.35. The van der Waals surface area contributed by atoms with Gasteiger partial charge in [0.25, 0.3) is 0 Å². The molecular weight excluding hydrogens is 303 g/mol. The van der Waals surface area contributed by atoms with Gasteiger partial charge in [-0.2, -0.15) is 5.26 Å². The third kappa shape index (κ3) is 3.23. The van der Waals surface area contributed by atoms with E-state index in [4.69, 9.17) is 5.26 Å². The second-order valence-electron chi connectivity index (χ2n) is 4.25. The van der Waals surface area contributed by atoms with Gasteiger partial charge in [-0.1, -0.05) is 6.07 Å². The summed E-state index contributed by atoms with van der Waals surface area (Å²) >= 11 is 0. The maximum Gasteiger partial charge on any atom is 0.185 e. The van der Waals surface area contributed by atoms with Crippen LogP contribution in [0.1, 0.15) is 11.1 Å². The SMILES string of the molecule is N#Cc1ccc(CS(=O)(=O)c2ccc(F)cc2F)c(F)c1. The average Bonchev–Trinajstić information content (AvgIpc) is 2.40. The van der Waals surface area contributed by atoms with Gasteiger partial charge in [-0.15, -0.1) is 0 Å². The van der Waals surface area contributed by atoms with E-state index in [0.717, 1.165) is 24.3 Å². The molecule has 2 rings (SSSR count). The molecule has 0 saturated carbocycles. The first-order chi connectivity index (χ1) is 9.83. The molecule has 0 bridgehead atoms. The molecule has 2 aromatic carbocycles. The Labute approximate surface area is 119 Å². The van der Waals surface area contributed by atoms with Gasteiger partial charge in [-0.25, -0.2) is 21.6 Å². The summed E-state index contributed by atoms with van der Waals surface area (Å²) in [6.07, 6.45) is 0. The maximum absolute atomic E-state index is 13.7. The number of hydrogen-bond acceptors (Lipinski definition) is 3. The monoisotopic (exact) mass is 311 g/mol. The molecule has 0 aliphatic heterocycles. The predicted molar refractivity (Wildman–Crippen MR) is 68.4 cm³/mol. The van der Waals surface area contributed by atoms with Gasteiger partial charge in [-0.3, -0.25) is 0 Å². The second-order valence-corrected chi connectivity index (χ2v) is 6.21. The van der Waals surface area contributed by atoms with Gasteiger partial charge in [0.1, 0.15) is 22.3 Å². The number of nitriles is 1. The van der Waals surface area contributed by atoms with Crippen LogP contribution >= 0.6 is 0 Å². The molecule has 3 nitrogen and oxygen atoms in total. The Bertz CT molecular complexity index is 842. The van der Waals surface area contributed by atoms with E-state index in [-0.39, 0.29) is 11.1 Å². The molecule has 0 N–H and O–H groups in total. The molecule has 0 aliphatic rings. The third-order valence-electron chi connectivity index (χ3n) is 2.76. The Hall–Kier alpha value is -2.33. The number of benzene rings is 2. The van der Waals surface area contributed by atoms with Crippen molar-refractivity contribution in [2.24, 2.45) is 0 Å². The zero-order valence-corrected chi connectivity index (χ0v) is 11.3. The highest BCUT2D eigenvalue weighted by Gasteiger charge is 2.22. The number of rotatable bonds is 3. The molecule has 0 fully saturated rings. The normalized spacial score (nSPS) is 11.1. The number of sulfone groups is 1. The highest BCUT2D eigenvalue weighted by Crippen LogP contribution is 2.22. The maximum atomic E-state index is 13.7. The lowest BCUT2D eigenvalue weighted by atomic mass is 10.1. The fourth-order valence-electron chi connectivity index (χ4n) is 1.74. The molecule has 0 unspecified atom stereocenters. The van der Waals surface area contributed by atoms with Crippen molar-refractivity contribution in [1.29, 1.82) is 5.26 Å². The Kier molecular flexibility index (Phi) is 4.00. The predicted octanol–water partition coefficient (Wildman–Crippen LogP) is 2.95. The fraction of sp³-hybridized carbons (Fsp3) is 0.0714. The van der Waals surface area contributed by atoms with Gasteiger partial charge in [0.2, 0.25) is 0 Å². The number of nitrogens with zero attached hydrogens (tertiary/aromatic N) is 1. The van der Waals surface area contributed by atoms with Crippen LogP contribution in [-0.4, -0.2) is 8.42 Å². The van der Waals surface area contributed by atoms with Crippen LogP contribution in [0.4, 0.5) is 13.2 Å². The van der Waals surface area contributed by atoms with Gasteiger partial charge in [0, 0.05) is 11.6 Å². The van der Waals surface area contributed by atoms with Crippen molar-refractivity contribution in [3.05, 3.63) is 65.0 Å². The minimum atomic E-state index is -4.17. The molecule has 0 heterocycles. The highest BCUT2D eigenvalue weighted by atomic mass is 32.2. The Balaban J connectivity index is 2.40. The van der Waals surface area contributed by atoms with Gasteiger partial charge in [0.15, 0.2) is 9.84 Å². The van der Waals surface area contributed by atoms with Gasteiger partial charge < -0.3 is 0 Å². The van der Waals surface area contributed by atoms with Crippen molar-refractivity contribution >= 4 is 9.84 Å². The molecule has 108 valence electrons. The second kappa shape index (κ2) is 5.58. The Morgan fingerprint density at radius 3 is 2.29 bits per heavy atom. The molecule has 0 radical (unpaired) electrons. The lowest BCUT2D eigenvalue weighted by Gasteiger charge is -2.07. The summed E-state index contributed by atoms with van der Waals surface area (Å²) in [4.78, 5) is -0.701. The highest BCUT2D eigenvalue weighted by molar-refractivity contribution is 7.90. The molecule has 0 aromatic heterocycles. The summed E-state index contributed by atoms with van der Waals surface area (Å²) in [5, 5.41) is 8.61. The first kappa shape index (κ1) is 15.1. The van der Waals surface area contributed by atoms with Gasteiger partial charge in [0.05, 0.1) is 17.4 Å². The first-order valence-electron chi connectivity index (χ1n) is 5.70. The average molecular weight is 311 g/mol. The summed E-state index contributed by atoms with van der Waals surface area (Å²) in [5.41, 5.74) is -0.153.